The van der Waals surface area contributed by atoms with Crippen molar-refractivity contribution in [2.45, 2.75) is 19.8 Å². The molecule has 2 N–H and O–H groups in total. The molecule has 6 nitrogen and oxygen atoms in total. The number of Topliss-reactive ketones (excluding diaryl/α,β-unsaturated/α-hetero) is 1. The van der Waals surface area contributed by atoms with Crippen LogP contribution in [0.4, 0.5) is 4.79 Å². The molecule has 76 valence electrons. The number of carbonyl (C=O) groups excluding carboxylic acids is 4. The summed E-state index contributed by atoms with van der Waals surface area (Å²) in [6, 6.07) is -0.806. The molecule has 6 heteroatoms. The van der Waals surface area contributed by atoms with Crippen LogP contribution in [-0.2, 0) is 14.4 Å². The van der Waals surface area contributed by atoms with Crippen molar-refractivity contribution in [1.29, 1.82) is 0 Å². The van der Waals surface area contributed by atoms with Gasteiger partial charge in [0.15, 0.2) is 0 Å². The molecule has 0 spiro atoms. The number of ketones is 1. The molecule has 0 atom stereocenters. The van der Waals surface area contributed by atoms with Gasteiger partial charge in [-0.15, -0.1) is 0 Å². The van der Waals surface area contributed by atoms with Crippen LogP contribution in [0.2, 0.25) is 0 Å². The van der Waals surface area contributed by atoms with Crippen molar-refractivity contribution in [2.75, 3.05) is 0 Å². The summed E-state index contributed by atoms with van der Waals surface area (Å²) in [6.07, 6.45) is 0.292. The van der Waals surface area contributed by atoms with Gasteiger partial charge in [-0.05, 0) is 13.3 Å². The predicted molar refractivity (Wildman–Crippen MR) is 45.1 cm³/mol. The number of urea groups is 1. The van der Waals surface area contributed by atoms with Crippen LogP contribution < -0.4 is 10.6 Å². The SMILES string of the molecule is CC(=O)CCC1C(=O)NC(=O)NC1=O. The monoisotopic (exact) mass is 198 g/mol. The van der Waals surface area contributed by atoms with Gasteiger partial charge in [0, 0.05) is 6.42 Å². The molecule has 1 saturated heterocycles. The quantitative estimate of drug-likeness (QED) is 0.588. The van der Waals surface area contributed by atoms with Gasteiger partial charge in [-0.2, -0.15) is 0 Å². The number of barbiturate groups is 1. The first kappa shape index (κ1) is 10.4. The zero-order valence-corrected chi connectivity index (χ0v) is 7.62. The molecule has 14 heavy (non-hydrogen) atoms. The van der Waals surface area contributed by atoms with Gasteiger partial charge in [0.05, 0.1) is 0 Å². The summed E-state index contributed by atoms with van der Waals surface area (Å²) in [6.45, 7) is 1.38. The molecule has 1 aliphatic rings. The van der Waals surface area contributed by atoms with Gasteiger partial charge in [0.2, 0.25) is 11.8 Å². The molecule has 0 aromatic carbocycles. The summed E-state index contributed by atoms with van der Waals surface area (Å²) < 4.78 is 0. The first-order valence-electron chi connectivity index (χ1n) is 4.16. The first-order chi connectivity index (χ1) is 6.50. The van der Waals surface area contributed by atoms with E-state index >= 15 is 0 Å². The van der Waals surface area contributed by atoms with E-state index in [1.807, 2.05) is 10.6 Å². The maximum Gasteiger partial charge on any atom is 0.328 e. The number of amides is 4. The molecule has 0 unspecified atom stereocenters. The van der Waals surface area contributed by atoms with Crippen LogP contribution in [-0.4, -0.2) is 23.6 Å². The van der Waals surface area contributed by atoms with E-state index in [9.17, 15) is 19.2 Å². The Morgan fingerprint density at radius 2 is 1.71 bits per heavy atom. The lowest BCUT2D eigenvalue weighted by molar-refractivity contribution is -0.136. The van der Waals surface area contributed by atoms with Crippen molar-refractivity contribution in [3.63, 3.8) is 0 Å². The average Bonchev–Trinajstić information content (AvgIpc) is 2.01. The van der Waals surface area contributed by atoms with Gasteiger partial charge in [0.25, 0.3) is 0 Å². The van der Waals surface area contributed by atoms with E-state index in [2.05, 4.69) is 0 Å². The van der Waals surface area contributed by atoms with Gasteiger partial charge in [0.1, 0.15) is 11.7 Å². The van der Waals surface area contributed by atoms with E-state index in [1.165, 1.54) is 6.92 Å². The van der Waals surface area contributed by atoms with Crippen LogP contribution >= 0.6 is 0 Å². The van der Waals surface area contributed by atoms with Crippen LogP contribution in [0.1, 0.15) is 19.8 Å². The van der Waals surface area contributed by atoms with Crippen molar-refractivity contribution in [3.05, 3.63) is 0 Å². The summed E-state index contributed by atoms with van der Waals surface area (Å²) in [5, 5.41) is 3.92. The third-order valence-corrected chi connectivity index (χ3v) is 1.89. The number of carbonyl (C=O) groups is 4. The lowest BCUT2D eigenvalue weighted by Crippen LogP contribution is -2.55. The Morgan fingerprint density at radius 3 is 2.14 bits per heavy atom. The molecular formula is C8H10N2O4. The normalized spacial score (nSPS) is 17.6. The largest absolute Gasteiger partial charge is 0.328 e. The molecule has 1 fully saturated rings. The van der Waals surface area contributed by atoms with E-state index in [0.717, 1.165) is 0 Å². The molecule has 1 rings (SSSR count). The molecule has 0 bridgehead atoms. The maximum atomic E-state index is 11.1. The summed E-state index contributed by atoms with van der Waals surface area (Å²) >= 11 is 0. The predicted octanol–water partition coefficient (Wildman–Crippen LogP) is -0.662. The highest BCUT2D eigenvalue weighted by Gasteiger charge is 2.33. The number of nitrogens with one attached hydrogen (secondary N) is 2. The molecule has 0 aromatic heterocycles. The summed E-state index contributed by atoms with van der Waals surface area (Å²) in [5.41, 5.74) is 0. The number of hydrogen-bond donors (Lipinski definition) is 2. The fraction of sp³-hybridized carbons (Fsp3) is 0.500. The zero-order valence-electron chi connectivity index (χ0n) is 7.62. The van der Waals surface area contributed by atoms with Crippen molar-refractivity contribution < 1.29 is 19.2 Å². The Balaban J connectivity index is 2.59. The van der Waals surface area contributed by atoms with Gasteiger partial charge in [-0.25, -0.2) is 4.79 Å². The number of rotatable bonds is 3. The molecule has 0 aliphatic carbocycles. The van der Waals surface area contributed by atoms with Gasteiger partial charge in [-0.3, -0.25) is 20.2 Å². The topological polar surface area (TPSA) is 92.3 Å². The molecule has 1 heterocycles. The molecule has 4 amide bonds. The zero-order chi connectivity index (χ0) is 10.7. The summed E-state index contributed by atoms with van der Waals surface area (Å²) in [5.74, 6) is -2.31. The molecule has 1 aliphatic heterocycles. The first-order valence-corrected chi connectivity index (χ1v) is 4.16. The molecular weight excluding hydrogens is 188 g/mol. The van der Waals surface area contributed by atoms with Crippen molar-refractivity contribution in [3.8, 4) is 0 Å². The van der Waals surface area contributed by atoms with Crippen molar-refractivity contribution in [1.82, 2.24) is 10.6 Å². The Kier molecular flexibility index (Phi) is 2.95. The fourth-order valence-electron chi connectivity index (χ4n) is 1.16. The highest BCUT2D eigenvalue weighted by molar-refractivity contribution is 6.16. The van der Waals surface area contributed by atoms with Gasteiger partial charge < -0.3 is 4.79 Å². The van der Waals surface area contributed by atoms with E-state index in [1.54, 1.807) is 0 Å². The molecule has 0 aromatic rings. The van der Waals surface area contributed by atoms with Crippen LogP contribution in [0.5, 0.6) is 0 Å². The second kappa shape index (κ2) is 3.99. The van der Waals surface area contributed by atoms with E-state index < -0.39 is 23.8 Å². The van der Waals surface area contributed by atoms with Crippen molar-refractivity contribution in [2.24, 2.45) is 5.92 Å². The Hall–Kier alpha value is -1.72. The highest BCUT2D eigenvalue weighted by Crippen LogP contribution is 2.10. The number of imide groups is 2. The van der Waals surface area contributed by atoms with E-state index in [-0.39, 0.29) is 18.6 Å². The third kappa shape index (κ3) is 2.38. The Bertz CT molecular complexity index is 290. The van der Waals surface area contributed by atoms with Crippen LogP contribution in [0.3, 0.4) is 0 Å². The Labute approximate surface area is 80.0 Å². The lowest BCUT2D eigenvalue weighted by atomic mass is 9.99. The van der Waals surface area contributed by atoms with Gasteiger partial charge in [-0.1, -0.05) is 0 Å². The van der Waals surface area contributed by atoms with Crippen LogP contribution in [0.15, 0.2) is 0 Å². The minimum absolute atomic E-state index is 0.0949. The maximum absolute atomic E-state index is 11.1. The second-order valence-electron chi connectivity index (χ2n) is 3.10. The summed E-state index contributed by atoms with van der Waals surface area (Å²) in [7, 11) is 0. The second-order valence-corrected chi connectivity index (χ2v) is 3.10. The van der Waals surface area contributed by atoms with E-state index in [0.29, 0.717) is 0 Å². The smallest absolute Gasteiger partial charge is 0.300 e. The minimum Gasteiger partial charge on any atom is -0.300 e. The van der Waals surface area contributed by atoms with Crippen molar-refractivity contribution >= 4 is 23.6 Å². The minimum atomic E-state index is -0.934. The standard InChI is InChI=1S/C8H10N2O4/c1-4(11)2-3-5-6(12)9-8(14)10-7(5)13/h5H,2-3H2,1H3,(H2,9,10,12,13,14). The van der Waals surface area contributed by atoms with Gasteiger partial charge >= 0.3 is 6.03 Å². The lowest BCUT2D eigenvalue weighted by Gasteiger charge is -2.19. The summed E-state index contributed by atoms with van der Waals surface area (Å²) in [4.78, 5) is 43.5. The molecule has 0 saturated carbocycles. The number of hydrogen-bond acceptors (Lipinski definition) is 4. The highest BCUT2D eigenvalue weighted by atomic mass is 16.2. The fourth-order valence-corrected chi connectivity index (χ4v) is 1.16. The van der Waals surface area contributed by atoms with Crippen LogP contribution in [0, 0.1) is 5.92 Å². The van der Waals surface area contributed by atoms with E-state index in [4.69, 9.17) is 0 Å². The average molecular weight is 198 g/mol. The third-order valence-electron chi connectivity index (χ3n) is 1.89. The Morgan fingerprint density at radius 1 is 1.21 bits per heavy atom. The van der Waals surface area contributed by atoms with Crippen LogP contribution in [0.25, 0.3) is 0 Å². The molecule has 0 radical (unpaired) electrons.